The molecule has 0 radical (unpaired) electrons. The molecule has 0 aliphatic heterocycles. The van der Waals surface area contributed by atoms with E-state index >= 15 is 0 Å². The molecule has 9 heteroatoms. The number of hydrogen-bond donors (Lipinski definition) is 2. The van der Waals surface area contributed by atoms with Crippen LogP contribution in [-0.4, -0.2) is 27.1 Å². The molecular formula is C23H24N4O3S2. The molecule has 2 aromatic heterocycles. The third-order valence-corrected chi connectivity index (χ3v) is 7.60. The molecule has 2 heterocycles. The summed E-state index contributed by atoms with van der Waals surface area (Å²) in [6.45, 7) is 6.34. The summed E-state index contributed by atoms with van der Waals surface area (Å²) < 4.78 is 1.60. The summed E-state index contributed by atoms with van der Waals surface area (Å²) >= 11 is 2.82. The molecule has 0 unspecified atom stereocenters. The van der Waals surface area contributed by atoms with Gasteiger partial charge in [0.1, 0.15) is 4.83 Å². The molecule has 0 saturated carbocycles. The van der Waals surface area contributed by atoms with Gasteiger partial charge in [-0.2, -0.15) is 0 Å². The van der Waals surface area contributed by atoms with Gasteiger partial charge in [-0.25, -0.2) is 4.98 Å². The van der Waals surface area contributed by atoms with Gasteiger partial charge in [-0.1, -0.05) is 24.8 Å². The highest BCUT2D eigenvalue weighted by Crippen LogP contribution is 2.36. The SMILES string of the molecule is C=CCn1c(SCC(=O)Nc2ccc(C(N)=O)cc2)nc2sc3c(c2c1=O)CC[C@H](C)C3. The zero-order valence-electron chi connectivity index (χ0n) is 17.7. The van der Waals surface area contributed by atoms with Crippen molar-refractivity contribution in [3.8, 4) is 0 Å². The third kappa shape index (κ3) is 4.49. The number of primary amides is 1. The van der Waals surface area contributed by atoms with E-state index in [1.807, 2.05) is 0 Å². The van der Waals surface area contributed by atoms with E-state index in [9.17, 15) is 14.4 Å². The fourth-order valence-electron chi connectivity index (χ4n) is 3.85. The minimum atomic E-state index is -0.523. The van der Waals surface area contributed by atoms with E-state index in [1.54, 1.807) is 46.2 Å². The first-order valence-electron chi connectivity index (χ1n) is 10.4. The number of fused-ring (bicyclic) bond motifs is 3. The molecule has 1 atom stereocenters. The Kier molecular flexibility index (Phi) is 6.48. The van der Waals surface area contributed by atoms with Crippen molar-refractivity contribution < 1.29 is 9.59 Å². The van der Waals surface area contributed by atoms with Gasteiger partial charge >= 0.3 is 0 Å². The van der Waals surface area contributed by atoms with E-state index in [-0.39, 0.29) is 17.2 Å². The second-order valence-electron chi connectivity index (χ2n) is 7.91. The number of nitrogens with zero attached hydrogens (tertiary/aromatic N) is 2. The lowest BCUT2D eigenvalue weighted by Crippen LogP contribution is -2.24. The molecule has 0 spiro atoms. The summed E-state index contributed by atoms with van der Waals surface area (Å²) in [6, 6.07) is 6.36. The first kappa shape index (κ1) is 22.3. The van der Waals surface area contributed by atoms with Gasteiger partial charge in [0.15, 0.2) is 5.16 Å². The van der Waals surface area contributed by atoms with Gasteiger partial charge in [-0.05, 0) is 55.0 Å². The fourth-order valence-corrected chi connectivity index (χ4v) is 6.08. The minimum absolute atomic E-state index is 0.0631. The smallest absolute Gasteiger partial charge is 0.263 e. The number of benzene rings is 1. The molecule has 1 aromatic carbocycles. The second kappa shape index (κ2) is 9.30. The number of nitrogens with one attached hydrogen (secondary N) is 1. The highest BCUT2D eigenvalue weighted by atomic mass is 32.2. The van der Waals surface area contributed by atoms with Gasteiger partial charge in [0.05, 0.1) is 11.1 Å². The van der Waals surface area contributed by atoms with Crippen LogP contribution in [0.4, 0.5) is 5.69 Å². The molecule has 0 bridgehead atoms. The number of rotatable bonds is 7. The minimum Gasteiger partial charge on any atom is -0.366 e. The van der Waals surface area contributed by atoms with Crippen LogP contribution >= 0.6 is 23.1 Å². The number of amides is 2. The van der Waals surface area contributed by atoms with Gasteiger partial charge < -0.3 is 11.1 Å². The molecule has 32 heavy (non-hydrogen) atoms. The van der Waals surface area contributed by atoms with Crippen LogP contribution in [0.15, 0.2) is 46.9 Å². The Balaban J connectivity index is 1.56. The highest BCUT2D eigenvalue weighted by molar-refractivity contribution is 7.99. The van der Waals surface area contributed by atoms with Crippen molar-refractivity contribution in [3.05, 3.63) is 63.3 Å². The highest BCUT2D eigenvalue weighted by Gasteiger charge is 2.24. The number of thiophene rings is 1. The molecule has 1 aliphatic carbocycles. The number of aryl methyl sites for hydroxylation is 1. The molecule has 4 rings (SSSR count). The Hall–Kier alpha value is -2.91. The van der Waals surface area contributed by atoms with Crippen LogP contribution in [0, 0.1) is 5.92 Å². The van der Waals surface area contributed by atoms with E-state index in [1.165, 1.54) is 16.6 Å². The predicted molar refractivity (Wildman–Crippen MR) is 130 cm³/mol. The van der Waals surface area contributed by atoms with Gasteiger partial charge in [0.2, 0.25) is 11.8 Å². The maximum atomic E-state index is 13.3. The summed E-state index contributed by atoms with van der Waals surface area (Å²) in [4.78, 5) is 43.7. The molecule has 0 saturated heterocycles. The molecule has 166 valence electrons. The van der Waals surface area contributed by atoms with Crippen LogP contribution in [0.2, 0.25) is 0 Å². The number of carbonyl (C=O) groups is 2. The second-order valence-corrected chi connectivity index (χ2v) is 9.94. The number of thioether (sulfide) groups is 1. The Morgan fingerprint density at radius 2 is 2.12 bits per heavy atom. The zero-order valence-corrected chi connectivity index (χ0v) is 19.4. The van der Waals surface area contributed by atoms with Gasteiger partial charge in [0.25, 0.3) is 5.56 Å². The zero-order chi connectivity index (χ0) is 22.8. The van der Waals surface area contributed by atoms with Crippen molar-refractivity contribution in [2.24, 2.45) is 11.7 Å². The van der Waals surface area contributed by atoms with Gasteiger partial charge in [-0.3, -0.25) is 19.0 Å². The number of nitrogens with two attached hydrogens (primary N) is 1. The maximum Gasteiger partial charge on any atom is 0.263 e. The standard InChI is InChI=1S/C23H24N4O3S2/c1-3-10-27-22(30)19-16-9-4-13(2)11-17(16)32-21(19)26-23(27)31-12-18(28)25-15-7-5-14(6-8-15)20(24)29/h3,5-8,13H,1,4,9-12H2,2H3,(H2,24,29)(H,25,28)/t13-/m0/s1. The summed E-state index contributed by atoms with van der Waals surface area (Å²) in [5.41, 5.74) is 7.25. The van der Waals surface area contributed by atoms with Crippen LogP contribution in [0.5, 0.6) is 0 Å². The van der Waals surface area contributed by atoms with Gasteiger partial charge in [-0.15, -0.1) is 17.9 Å². The van der Waals surface area contributed by atoms with Crippen LogP contribution < -0.4 is 16.6 Å². The van der Waals surface area contributed by atoms with Crippen molar-refractivity contribution in [1.82, 2.24) is 9.55 Å². The van der Waals surface area contributed by atoms with Crippen LogP contribution in [0.3, 0.4) is 0 Å². The molecule has 7 nitrogen and oxygen atoms in total. The summed E-state index contributed by atoms with van der Waals surface area (Å²) in [7, 11) is 0. The average Bonchev–Trinajstić information content (AvgIpc) is 3.12. The number of carbonyl (C=O) groups excluding carboxylic acids is 2. The van der Waals surface area contributed by atoms with Crippen LogP contribution in [0.1, 0.15) is 34.1 Å². The summed E-state index contributed by atoms with van der Waals surface area (Å²) in [6.07, 6.45) is 4.64. The quantitative estimate of drug-likeness (QED) is 0.313. The van der Waals surface area contributed by atoms with Gasteiger partial charge in [0, 0.05) is 22.7 Å². The van der Waals surface area contributed by atoms with E-state index in [0.29, 0.717) is 28.9 Å². The number of aromatic nitrogens is 2. The van der Waals surface area contributed by atoms with Crippen molar-refractivity contribution >= 4 is 50.8 Å². The molecule has 3 aromatic rings. The van der Waals surface area contributed by atoms with Crippen molar-refractivity contribution in [2.75, 3.05) is 11.1 Å². The number of hydrogen-bond acceptors (Lipinski definition) is 6. The largest absolute Gasteiger partial charge is 0.366 e. The molecule has 2 amide bonds. The lowest BCUT2D eigenvalue weighted by Gasteiger charge is -2.17. The van der Waals surface area contributed by atoms with Crippen LogP contribution in [0.25, 0.3) is 10.2 Å². The molecule has 1 aliphatic rings. The Morgan fingerprint density at radius 1 is 1.38 bits per heavy atom. The topological polar surface area (TPSA) is 107 Å². The van der Waals surface area contributed by atoms with Crippen LogP contribution in [-0.2, 0) is 24.2 Å². The molecule has 3 N–H and O–H groups in total. The average molecular weight is 469 g/mol. The number of allylic oxidation sites excluding steroid dienone is 1. The third-order valence-electron chi connectivity index (χ3n) is 5.48. The Labute approximate surface area is 193 Å². The van der Waals surface area contributed by atoms with Crippen molar-refractivity contribution in [2.45, 2.75) is 37.9 Å². The molecule has 0 fully saturated rings. The van der Waals surface area contributed by atoms with Crippen molar-refractivity contribution in [1.29, 1.82) is 0 Å². The fraction of sp³-hybridized carbons (Fsp3) is 0.304. The monoisotopic (exact) mass is 468 g/mol. The van der Waals surface area contributed by atoms with E-state index < -0.39 is 5.91 Å². The first-order chi connectivity index (χ1) is 15.4. The summed E-state index contributed by atoms with van der Waals surface area (Å²) in [5, 5.41) is 4.01. The predicted octanol–water partition coefficient (Wildman–Crippen LogP) is 3.60. The Bertz CT molecular complexity index is 1260. The van der Waals surface area contributed by atoms with E-state index in [0.717, 1.165) is 35.0 Å². The summed E-state index contributed by atoms with van der Waals surface area (Å²) in [5.74, 6) is -0.0552. The van der Waals surface area contributed by atoms with E-state index in [4.69, 9.17) is 10.7 Å². The van der Waals surface area contributed by atoms with Crippen molar-refractivity contribution in [3.63, 3.8) is 0 Å². The molecular weight excluding hydrogens is 444 g/mol. The maximum absolute atomic E-state index is 13.3. The van der Waals surface area contributed by atoms with E-state index in [2.05, 4.69) is 18.8 Å². The number of anilines is 1. The lowest BCUT2D eigenvalue weighted by molar-refractivity contribution is -0.113. The lowest BCUT2D eigenvalue weighted by atomic mass is 9.89. The first-order valence-corrected chi connectivity index (χ1v) is 12.2. The Morgan fingerprint density at radius 3 is 2.81 bits per heavy atom. The normalized spacial score (nSPS) is 15.3.